The van der Waals surface area contributed by atoms with Gasteiger partial charge >= 0.3 is 12.1 Å². The Balaban J connectivity index is 1.32. The second-order valence-corrected chi connectivity index (χ2v) is 9.14. The summed E-state index contributed by atoms with van der Waals surface area (Å²) in [6.45, 7) is 0.158. The van der Waals surface area contributed by atoms with Crippen molar-refractivity contribution in [2.24, 2.45) is 0 Å². The van der Waals surface area contributed by atoms with Gasteiger partial charge in [0.15, 0.2) is 0 Å². The van der Waals surface area contributed by atoms with E-state index in [-0.39, 0.29) is 18.9 Å². The van der Waals surface area contributed by atoms with Gasteiger partial charge < -0.3 is 9.84 Å². The number of carboxylic acids is 1. The van der Waals surface area contributed by atoms with Crippen molar-refractivity contribution in [1.82, 2.24) is 4.90 Å². The first kappa shape index (κ1) is 21.2. The number of carbonyl (C=O) groups excluding carboxylic acids is 1. The van der Waals surface area contributed by atoms with Crippen LogP contribution in [0, 0.1) is 0 Å². The fourth-order valence-electron chi connectivity index (χ4n) is 4.61. The molecule has 1 atom stereocenters. The van der Waals surface area contributed by atoms with Crippen LogP contribution in [0.25, 0.3) is 21.2 Å². The molecule has 1 unspecified atom stereocenters. The van der Waals surface area contributed by atoms with Gasteiger partial charge in [-0.2, -0.15) is 0 Å². The summed E-state index contributed by atoms with van der Waals surface area (Å²) in [6.07, 6.45) is -0.413. The van der Waals surface area contributed by atoms with Crippen LogP contribution < -0.4 is 0 Å². The molecule has 3 aromatic carbocycles. The van der Waals surface area contributed by atoms with Crippen LogP contribution in [-0.2, 0) is 16.0 Å². The number of aliphatic carboxylic acids is 1. The number of hydrogen-bond acceptors (Lipinski definition) is 4. The summed E-state index contributed by atoms with van der Waals surface area (Å²) in [7, 11) is 1.49. The lowest BCUT2D eigenvalue weighted by atomic mass is 9.98. The minimum absolute atomic E-state index is 0.0705. The molecule has 0 fully saturated rings. The molecule has 0 bridgehead atoms. The molecular formula is C27H23NO4S. The maximum absolute atomic E-state index is 12.9. The summed E-state index contributed by atoms with van der Waals surface area (Å²) in [4.78, 5) is 26.2. The third-order valence-corrected chi connectivity index (χ3v) is 7.36. The Labute approximate surface area is 195 Å². The highest BCUT2D eigenvalue weighted by molar-refractivity contribution is 7.17. The Bertz CT molecular complexity index is 1300. The maximum atomic E-state index is 12.9. The lowest BCUT2D eigenvalue weighted by Gasteiger charge is -2.25. The Morgan fingerprint density at radius 2 is 1.58 bits per heavy atom. The molecule has 5 rings (SSSR count). The van der Waals surface area contributed by atoms with Gasteiger partial charge in [-0.05, 0) is 44.6 Å². The highest BCUT2D eigenvalue weighted by Crippen LogP contribution is 2.44. The van der Waals surface area contributed by atoms with E-state index in [0.717, 1.165) is 37.9 Å². The minimum atomic E-state index is -1.05. The van der Waals surface area contributed by atoms with Gasteiger partial charge in [-0.3, -0.25) is 4.90 Å². The summed E-state index contributed by atoms with van der Waals surface area (Å²) in [5, 5.41) is 12.8. The monoisotopic (exact) mass is 457 g/mol. The number of amides is 1. The number of nitrogens with zero attached hydrogens (tertiary/aromatic N) is 1. The van der Waals surface area contributed by atoms with Crippen LogP contribution in [-0.4, -0.2) is 41.8 Å². The SMILES string of the molecule is CN(C(=O)OCC1c2ccccc2-c2ccccc21)C(Cc1csc2ccccc12)C(=O)O. The van der Waals surface area contributed by atoms with E-state index in [2.05, 4.69) is 24.3 Å². The summed E-state index contributed by atoms with van der Waals surface area (Å²) in [5.41, 5.74) is 5.45. The molecule has 1 N–H and O–H groups in total. The molecule has 1 aliphatic rings. The average Bonchev–Trinajstić information content (AvgIpc) is 3.39. The number of likely N-dealkylation sites (N-methyl/N-ethyl adjacent to an activating group) is 1. The fraction of sp³-hybridized carbons (Fsp3) is 0.185. The van der Waals surface area contributed by atoms with Gasteiger partial charge in [-0.1, -0.05) is 66.7 Å². The second kappa shape index (κ2) is 8.71. The Morgan fingerprint density at radius 1 is 0.970 bits per heavy atom. The number of hydrogen-bond donors (Lipinski definition) is 1. The number of thiophene rings is 1. The van der Waals surface area contributed by atoms with E-state index >= 15 is 0 Å². The van der Waals surface area contributed by atoms with Gasteiger partial charge in [0, 0.05) is 24.1 Å². The molecule has 0 aliphatic heterocycles. The zero-order chi connectivity index (χ0) is 22.9. The highest BCUT2D eigenvalue weighted by Gasteiger charge is 2.32. The first-order valence-electron chi connectivity index (χ1n) is 10.8. The summed E-state index contributed by atoms with van der Waals surface area (Å²) in [5.74, 6) is -1.12. The first-order valence-corrected chi connectivity index (χ1v) is 11.7. The molecule has 33 heavy (non-hydrogen) atoms. The van der Waals surface area contributed by atoms with Gasteiger partial charge in [-0.15, -0.1) is 11.3 Å². The molecule has 1 aliphatic carbocycles. The number of benzene rings is 3. The van der Waals surface area contributed by atoms with Gasteiger partial charge in [0.1, 0.15) is 12.6 Å². The van der Waals surface area contributed by atoms with Crippen LogP contribution >= 0.6 is 11.3 Å². The molecule has 0 saturated carbocycles. The summed E-state index contributed by atoms with van der Waals surface area (Å²) >= 11 is 1.57. The normalized spacial score (nSPS) is 13.4. The predicted octanol–water partition coefficient (Wildman–Crippen LogP) is 5.78. The van der Waals surface area contributed by atoms with Gasteiger partial charge in [0.05, 0.1) is 0 Å². The minimum Gasteiger partial charge on any atom is -0.480 e. The van der Waals surface area contributed by atoms with Gasteiger partial charge in [-0.25, -0.2) is 9.59 Å². The maximum Gasteiger partial charge on any atom is 0.410 e. The topological polar surface area (TPSA) is 66.8 Å². The van der Waals surface area contributed by atoms with Crippen molar-refractivity contribution >= 4 is 33.5 Å². The highest BCUT2D eigenvalue weighted by atomic mass is 32.1. The lowest BCUT2D eigenvalue weighted by Crippen LogP contribution is -2.44. The molecule has 4 aromatic rings. The lowest BCUT2D eigenvalue weighted by molar-refractivity contribution is -0.142. The average molecular weight is 458 g/mol. The van der Waals surface area contributed by atoms with E-state index in [1.165, 1.54) is 11.9 Å². The molecule has 5 nitrogen and oxygen atoms in total. The van der Waals surface area contributed by atoms with Crippen LogP contribution in [0.5, 0.6) is 0 Å². The second-order valence-electron chi connectivity index (χ2n) is 8.23. The number of carboxylic acid groups (broad SMARTS) is 1. The summed E-state index contributed by atoms with van der Waals surface area (Å²) in [6, 6.07) is 23.1. The molecule has 0 radical (unpaired) electrons. The Hall–Kier alpha value is -3.64. The first-order chi connectivity index (χ1) is 16.0. The molecule has 0 spiro atoms. The Morgan fingerprint density at radius 3 is 2.24 bits per heavy atom. The van der Waals surface area contributed by atoms with E-state index in [1.807, 2.05) is 53.9 Å². The van der Waals surface area contributed by atoms with Crippen LogP contribution in [0.15, 0.2) is 78.2 Å². The molecule has 1 amide bonds. The van der Waals surface area contributed by atoms with Crippen molar-refractivity contribution in [1.29, 1.82) is 0 Å². The molecule has 1 heterocycles. The van der Waals surface area contributed by atoms with Crippen LogP contribution in [0.3, 0.4) is 0 Å². The molecular weight excluding hydrogens is 434 g/mol. The van der Waals surface area contributed by atoms with Crippen molar-refractivity contribution in [2.45, 2.75) is 18.4 Å². The smallest absolute Gasteiger partial charge is 0.410 e. The zero-order valence-corrected chi connectivity index (χ0v) is 18.9. The standard InChI is InChI=1S/C27H23NO4S/c1-28(24(26(29)30)14-17-16-33-25-13-7-6-8-18(17)25)27(31)32-15-23-21-11-4-2-9-19(21)20-10-3-5-12-22(20)23/h2-13,16,23-24H,14-15H2,1H3,(H,29,30). The third-order valence-electron chi connectivity index (χ3n) is 6.35. The van der Waals surface area contributed by atoms with Crippen molar-refractivity contribution in [3.63, 3.8) is 0 Å². The molecule has 0 saturated heterocycles. The largest absolute Gasteiger partial charge is 0.480 e. The van der Waals surface area contributed by atoms with Crippen molar-refractivity contribution in [3.8, 4) is 11.1 Å². The number of carbonyl (C=O) groups is 2. The fourth-order valence-corrected chi connectivity index (χ4v) is 5.59. The van der Waals surface area contributed by atoms with E-state index in [0.29, 0.717) is 0 Å². The van der Waals surface area contributed by atoms with Crippen molar-refractivity contribution in [3.05, 3.63) is 94.9 Å². The zero-order valence-electron chi connectivity index (χ0n) is 18.1. The van der Waals surface area contributed by atoms with Crippen LogP contribution in [0.2, 0.25) is 0 Å². The van der Waals surface area contributed by atoms with Gasteiger partial charge in [0.2, 0.25) is 0 Å². The number of rotatable bonds is 6. The molecule has 1 aromatic heterocycles. The molecule has 6 heteroatoms. The quantitative estimate of drug-likeness (QED) is 0.399. The van der Waals surface area contributed by atoms with E-state index < -0.39 is 18.1 Å². The van der Waals surface area contributed by atoms with Gasteiger partial charge in [0.25, 0.3) is 0 Å². The third kappa shape index (κ3) is 3.87. The van der Waals surface area contributed by atoms with Crippen LogP contribution in [0.1, 0.15) is 22.6 Å². The van der Waals surface area contributed by atoms with Crippen LogP contribution in [0.4, 0.5) is 4.79 Å². The Kier molecular flexibility index (Phi) is 5.60. The summed E-state index contributed by atoms with van der Waals surface area (Å²) < 4.78 is 6.76. The number of ether oxygens (including phenoxy) is 1. The van der Waals surface area contributed by atoms with Crippen molar-refractivity contribution in [2.75, 3.05) is 13.7 Å². The van der Waals surface area contributed by atoms with E-state index in [9.17, 15) is 14.7 Å². The molecule has 166 valence electrons. The number of fused-ring (bicyclic) bond motifs is 4. The predicted molar refractivity (Wildman–Crippen MR) is 130 cm³/mol. The van der Waals surface area contributed by atoms with Crippen molar-refractivity contribution < 1.29 is 19.4 Å². The van der Waals surface area contributed by atoms with E-state index in [4.69, 9.17) is 4.74 Å². The van der Waals surface area contributed by atoms with E-state index in [1.54, 1.807) is 11.3 Å².